The SMILES string of the molecule is Cc1ncc(-c2ccc3cnc(CC(=O)N4CCC(CCC(F)F)CC4)cc3c2)o1. The van der Waals surface area contributed by atoms with Gasteiger partial charge in [-0.1, -0.05) is 12.1 Å². The number of rotatable bonds is 6. The zero-order valence-corrected chi connectivity index (χ0v) is 17.0. The van der Waals surface area contributed by atoms with Crippen molar-refractivity contribution in [1.29, 1.82) is 0 Å². The Morgan fingerprint density at radius 2 is 1.97 bits per heavy atom. The summed E-state index contributed by atoms with van der Waals surface area (Å²) in [6.45, 7) is 3.07. The fraction of sp³-hybridized carbons (Fsp3) is 0.435. The molecule has 7 heteroatoms. The third-order valence-electron chi connectivity index (χ3n) is 5.78. The summed E-state index contributed by atoms with van der Waals surface area (Å²) >= 11 is 0. The second-order valence-corrected chi connectivity index (χ2v) is 7.95. The summed E-state index contributed by atoms with van der Waals surface area (Å²) in [6, 6.07) is 7.90. The maximum Gasteiger partial charge on any atom is 0.238 e. The molecule has 2 aromatic heterocycles. The summed E-state index contributed by atoms with van der Waals surface area (Å²) in [5, 5.41) is 1.98. The van der Waals surface area contributed by atoms with Gasteiger partial charge in [0, 0.05) is 43.6 Å². The number of aromatic nitrogens is 2. The Balaban J connectivity index is 1.40. The van der Waals surface area contributed by atoms with E-state index in [-0.39, 0.29) is 18.7 Å². The van der Waals surface area contributed by atoms with Crippen molar-refractivity contribution in [3.63, 3.8) is 0 Å². The molecular formula is C23H25F2N3O2. The number of hydrogen-bond acceptors (Lipinski definition) is 4. The first-order valence-electron chi connectivity index (χ1n) is 10.4. The number of hydrogen-bond donors (Lipinski definition) is 0. The van der Waals surface area contributed by atoms with E-state index in [1.54, 1.807) is 19.3 Å². The smallest absolute Gasteiger partial charge is 0.238 e. The zero-order chi connectivity index (χ0) is 21.1. The van der Waals surface area contributed by atoms with E-state index in [0.717, 1.165) is 34.9 Å². The van der Waals surface area contributed by atoms with Gasteiger partial charge in [0.1, 0.15) is 0 Å². The molecule has 4 rings (SSSR count). The quantitative estimate of drug-likeness (QED) is 0.569. The van der Waals surface area contributed by atoms with E-state index in [4.69, 9.17) is 4.42 Å². The van der Waals surface area contributed by atoms with Gasteiger partial charge in [-0.05, 0) is 42.7 Å². The lowest BCUT2D eigenvalue weighted by atomic mass is 9.92. The number of carbonyl (C=O) groups excluding carboxylic acids is 1. The van der Waals surface area contributed by atoms with Crippen LogP contribution in [-0.4, -0.2) is 40.3 Å². The van der Waals surface area contributed by atoms with Crippen LogP contribution in [0.1, 0.15) is 37.3 Å². The number of alkyl halides is 2. The highest BCUT2D eigenvalue weighted by atomic mass is 19.3. The third kappa shape index (κ3) is 4.83. The number of halogens is 2. The molecule has 3 aromatic rings. The summed E-state index contributed by atoms with van der Waals surface area (Å²) in [5.41, 5.74) is 1.65. The van der Waals surface area contributed by atoms with Crippen LogP contribution in [0, 0.1) is 12.8 Å². The van der Waals surface area contributed by atoms with Gasteiger partial charge in [-0.25, -0.2) is 13.8 Å². The number of nitrogens with zero attached hydrogens (tertiary/aromatic N) is 3. The molecule has 0 bridgehead atoms. The van der Waals surface area contributed by atoms with Gasteiger partial charge in [0.25, 0.3) is 0 Å². The van der Waals surface area contributed by atoms with Gasteiger partial charge in [-0.15, -0.1) is 0 Å². The van der Waals surface area contributed by atoms with Crippen molar-refractivity contribution in [1.82, 2.24) is 14.9 Å². The summed E-state index contributed by atoms with van der Waals surface area (Å²) in [5.74, 6) is 1.65. The number of likely N-dealkylation sites (tertiary alicyclic amines) is 1. The minimum atomic E-state index is -2.24. The second kappa shape index (κ2) is 8.90. The molecule has 1 aliphatic heterocycles. The average molecular weight is 413 g/mol. The van der Waals surface area contributed by atoms with Crippen molar-refractivity contribution < 1.29 is 18.0 Å². The number of carbonyl (C=O) groups is 1. The Morgan fingerprint density at radius 3 is 2.67 bits per heavy atom. The number of piperidine rings is 1. The molecule has 0 unspecified atom stereocenters. The number of amides is 1. The average Bonchev–Trinajstić information content (AvgIpc) is 3.18. The van der Waals surface area contributed by atoms with Crippen molar-refractivity contribution in [2.24, 2.45) is 5.92 Å². The molecule has 0 atom stereocenters. The van der Waals surface area contributed by atoms with Gasteiger partial charge in [0.05, 0.1) is 18.3 Å². The summed E-state index contributed by atoms with van der Waals surface area (Å²) in [4.78, 5) is 23.1. The van der Waals surface area contributed by atoms with Gasteiger partial charge >= 0.3 is 0 Å². The van der Waals surface area contributed by atoms with Crippen LogP contribution >= 0.6 is 0 Å². The molecule has 1 fully saturated rings. The molecule has 0 aliphatic carbocycles. The highest BCUT2D eigenvalue weighted by Gasteiger charge is 2.23. The number of oxazole rings is 1. The number of benzene rings is 1. The van der Waals surface area contributed by atoms with Gasteiger partial charge in [0.2, 0.25) is 12.3 Å². The van der Waals surface area contributed by atoms with Crippen LogP contribution in [0.2, 0.25) is 0 Å². The second-order valence-electron chi connectivity index (χ2n) is 7.95. The molecule has 3 heterocycles. The van der Waals surface area contributed by atoms with E-state index in [9.17, 15) is 13.6 Å². The monoisotopic (exact) mass is 413 g/mol. The first-order valence-corrected chi connectivity index (χ1v) is 10.4. The van der Waals surface area contributed by atoms with E-state index in [2.05, 4.69) is 9.97 Å². The molecule has 0 radical (unpaired) electrons. The number of aryl methyl sites for hydroxylation is 1. The highest BCUT2D eigenvalue weighted by molar-refractivity contribution is 5.87. The molecule has 30 heavy (non-hydrogen) atoms. The lowest BCUT2D eigenvalue weighted by Crippen LogP contribution is -2.39. The molecule has 1 aliphatic rings. The molecule has 0 N–H and O–H groups in total. The van der Waals surface area contributed by atoms with Crippen LogP contribution in [-0.2, 0) is 11.2 Å². The van der Waals surface area contributed by atoms with Crippen LogP contribution in [0.25, 0.3) is 22.1 Å². The zero-order valence-electron chi connectivity index (χ0n) is 17.0. The molecule has 0 saturated carbocycles. The number of pyridine rings is 1. The van der Waals surface area contributed by atoms with Crippen LogP contribution < -0.4 is 0 Å². The predicted molar refractivity (Wildman–Crippen MR) is 110 cm³/mol. The third-order valence-corrected chi connectivity index (χ3v) is 5.78. The van der Waals surface area contributed by atoms with Crippen molar-refractivity contribution in [2.45, 2.75) is 45.5 Å². The van der Waals surface area contributed by atoms with E-state index in [1.807, 2.05) is 29.2 Å². The van der Waals surface area contributed by atoms with Crippen molar-refractivity contribution in [3.05, 3.63) is 48.2 Å². The van der Waals surface area contributed by atoms with Crippen molar-refractivity contribution >= 4 is 16.7 Å². The fourth-order valence-corrected chi connectivity index (χ4v) is 4.03. The van der Waals surface area contributed by atoms with E-state index in [1.165, 1.54) is 0 Å². The lowest BCUT2D eigenvalue weighted by Gasteiger charge is -2.32. The first-order chi connectivity index (χ1) is 14.5. The first kappa shape index (κ1) is 20.4. The van der Waals surface area contributed by atoms with Gasteiger partial charge < -0.3 is 9.32 Å². The van der Waals surface area contributed by atoms with E-state index < -0.39 is 6.43 Å². The Labute approximate surface area is 174 Å². The summed E-state index contributed by atoms with van der Waals surface area (Å²) in [6.07, 6.45) is 3.57. The topological polar surface area (TPSA) is 59.2 Å². The summed E-state index contributed by atoms with van der Waals surface area (Å²) < 4.78 is 30.4. The van der Waals surface area contributed by atoms with Gasteiger partial charge in [0.15, 0.2) is 11.7 Å². The highest BCUT2D eigenvalue weighted by Crippen LogP contribution is 2.26. The maximum atomic E-state index is 12.7. The number of fused-ring (bicyclic) bond motifs is 1. The van der Waals surface area contributed by atoms with Crippen molar-refractivity contribution in [3.8, 4) is 11.3 Å². The maximum absolute atomic E-state index is 12.7. The molecule has 1 amide bonds. The molecular weight excluding hydrogens is 388 g/mol. The van der Waals surface area contributed by atoms with Gasteiger partial charge in [-0.3, -0.25) is 9.78 Å². The summed E-state index contributed by atoms with van der Waals surface area (Å²) in [7, 11) is 0. The Morgan fingerprint density at radius 1 is 1.17 bits per heavy atom. The van der Waals surface area contributed by atoms with E-state index >= 15 is 0 Å². The van der Waals surface area contributed by atoms with Gasteiger partial charge in [-0.2, -0.15) is 0 Å². The molecule has 0 spiro atoms. The van der Waals surface area contributed by atoms with Crippen LogP contribution in [0.3, 0.4) is 0 Å². The molecule has 1 saturated heterocycles. The van der Waals surface area contributed by atoms with Crippen molar-refractivity contribution in [2.75, 3.05) is 13.1 Å². The van der Waals surface area contributed by atoms with Crippen LogP contribution in [0.15, 0.2) is 41.1 Å². The Bertz CT molecular complexity index is 1030. The minimum absolute atomic E-state index is 0.0381. The fourth-order valence-electron chi connectivity index (χ4n) is 4.03. The predicted octanol–water partition coefficient (Wildman–Crippen LogP) is 5.02. The minimum Gasteiger partial charge on any atom is -0.441 e. The van der Waals surface area contributed by atoms with Crippen LogP contribution in [0.5, 0.6) is 0 Å². The Kier molecular flexibility index (Phi) is 6.06. The van der Waals surface area contributed by atoms with E-state index in [0.29, 0.717) is 37.1 Å². The Hall–Kier alpha value is -2.83. The normalized spacial score (nSPS) is 15.3. The molecule has 158 valence electrons. The standard InChI is InChI=1S/C23H25F2N3O2/c1-15-26-14-21(30-15)17-3-4-18-13-27-20(11-19(18)10-17)12-23(29)28-8-6-16(7-9-28)2-5-22(24)25/h3-4,10-11,13-14,16,22H,2,5-9,12H2,1H3. The molecule has 5 nitrogen and oxygen atoms in total. The largest absolute Gasteiger partial charge is 0.441 e. The van der Waals surface area contributed by atoms with Crippen LogP contribution in [0.4, 0.5) is 8.78 Å². The lowest BCUT2D eigenvalue weighted by molar-refractivity contribution is -0.132. The molecule has 1 aromatic carbocycles.